The van der Waals surface area contributed by atoms with Gasteiger partial charge in [-0.1, -0.05) is 23.9 Å². The van der Waals surface area contributed by atoms with Crippen molar-refractivity contribution in [3.05, 3.63) is 41.7 Å². The molecule has 0 bridgehead atoms. The molecule has 8 heteroatoms. The second-order valence-electron chi connectivity index (χ2n) is 5.54. The Hall–Kier alpha value is -2.19. The maximum absolute atomic E-state index is 11.8. The topological polar surface area (TPSA) is 72.2 Å². The van der Waals surface area contributed by atoms with Gasteiger partial charge >= 0.3 is 0 Å². The van der Waals surface area contributed by atoms with E-state index in [0.717, 1.165) is 33.3 Å². The fraction of sp³-hybridized carbons (Fsp3) is 0.294. The summed E-state index contributed by atoms with van der Waals surface area (Å²) in [4.78, 5) is 16.4. The highest BCUT2D eigenvalue weighted by Crippen LogP contribution is 2.29. The molecule has 0 saturated heterocycles. The normalized spacial score (nSPS) is 11.4. The van der Waals surface area contributed by atoms with Gasteiger partial charge in [-0.2, -0.15) is 10.2 Å². The SMILES string of the molecule is Cc1nn(C)cc1/C=N/NC(=O)CCCSc1nc2ccccc2s1. The second kappa shape index (κ2) is 8.26. The van der Waals surface area contributed by atoms with E-state index in [9.17, 15) is 4.79 Å². The Morgan fingerprint density at radius 3 is 3.04 bits per heavy atom. The lowest BCUT2D eigenvalue weighted by molar-refractivity contribution is -0.121. The van der Waals surface area contributed by atoms with Gasteiger partial charge < -0.3 is 0 Å². The van der Waals surface area contributed by atoms with Gasteiger partial charge in [-0.25, -0.2) is 10.4 Å². The van der Waals surface area contributed by atoms with Gasteiger partial charge in [-0.15, -0.1) is 11.3 Å². The third-order valence-corrected chi connectivity index (χ3v) is 5.76. The van der Waals surface area contributed by atoms with Crippen molar-refractivity contribution in [1.29, 1.82) is 0 Å². The third-order valence-electron chi connectivity index (χ3n) is 3.49. The molecule has 0 unspecified atom stereocenters. The van der Waals surface area contributed by atoms with E-state index in [1.165, 1.54) is 4.70 Å². The molecule has 0 spiro atoms. The summed E-state index contributed by atoms with van der Waals surface area (Å²) < 4.78 is 3.96. The van der Waals surface area contributed by atoms with Gasteiger partial charge in [0.25, 0.3) is 0 Å². The fourth-order valence-corrected chi connectivity index (χ4v) is 4.36. The molecule has 3 aromatic rings. The van der Waals surface area contributed by atoms with Crippen LogP contribution in [-0.2, 0) is 11.8 Å². The number of hydrogen-bond acceptors (Lipinski definition) is 6. The van der Waals surface area contributed by atoms with Crippen LogP contribution in [-0.4, -0.2) is 32.6 Å². The van der Waals surface area contributed by atoms with E-state index >= 15 is 0 Å². The minimum absolute atomic E-state index is 0.0808. The lowest BCUT2D eigenvalue weighted by Crippen LogP contribution is -2.17. The zero-order chi connectivity index (χ0) is 17.6. The van der Waals surface area contributed by atoms with Gasteiger partial charge in [-0.3, -0.25) is 9.48 Å². The first kappa shape index (κ1) is 17.6. The molecule has 0 saturated carbocycles. The van der Waals surface area contributed by atoms with Crippen LogP contribution in [0.3, 0.4) is 0 Å². The molecule has 0 aliphatic rings. The summed E-state index contributed by atoms with van der Waals surface area (Å²) in [5, 5.41) is 8.21. The van der Waals surface area contributed by atoms with Gasteiger partial charge in [0.1, 0.15) is 0 Å². The van der Waals surface area contributed by atoms with Crippen LogP contribution in [0.1, 0.15) is 24.1 Å². The Morgan fingerprint density at radius 2 is 2.28 bits per heavy atom. The van der Waals surface area contributed by atoms with Gasteiger partial charge in [-0.05, 0) is 25.5 Å². The molecule has 1 aromatic carbocycles. The average molecular weight is 374 g/mol. The number of hydrogen-bond donors (Lipinski definition) is 1. The summed E-state index contributed by atoms with van der Waals surface area (Å²) >= 11 is 3.38. The van der Waals surface area contributed by atoms with Gasteiger partial charge in [0, 0.05) is 31.0 Å². The lowest BCUT2D eigenvalue weighted by Gasteiger charge is -1.99. The summed E-state index contributed by atoms with van der Waals surface area (Å²) in [7, 11) is 1.85. The molecule has 3 rings (SSSR count). The maximum Gasteiger partial charge on any atom is 0.240 e. The zero-order valence-corrected chi connectivity index (χ0v) is 15.7. The minimum atomic E-state index is -0.0808. The van der Waals surface area contributed by atoms with Crippen LogP contribution in [0, 0.1) is 6.92 Å². The van der Waals surface area contributed by atoms with Crippen molar-refractivity contribution in [2.75, 3.05) is 5.75 Å². The maximum atomic E-state index is 11.8. The van der Waals surface area contributed by atoms with Crippen molar-refractivity contribution < 1.29 is 4.79 Å². The lowest BCUT2D eigenvalue weighted by atomic mass is 10.3. The number of amides is 1. The van der Waals surface area contributed by atoms with Gasteiger partial charge in [0.15, 0.2) is 4.34 Å². The first-order chi connectivity index (χ1) is 12.1. The molecule has 0 aliphatic carbocycles. The number of rotatable bonds is 7. The first-order valence-electron chi connectivity index (χ1n) is 7.92. The molecule has 1 amide bonds. The summed E-state index contributed by atoms with van der Waals surface area (Å²) in [5.74, 6) is 0.779. The predicted molar refractivity (Wildman–Crippen MR) is 103 cm³/mol. The molecule has 25 heavy (non-hydrogen) atoms. The van der Waals surface area contributed by atoms with E-state index in [1.54, 1.807) is 34.0 Å². The van der Waals surface area contributed by atoms with Gasteiger partial charge in [0.2, 0.25) is 5.91 Å². The van der Waals surface area contributed by atoms with Crippen molar-refractivity contribution in [2.24, 2.45) is 12.1 Å². The van der Waals surface area contributed by atoms with E-state index in [1.807, 2.05) is 38.4 Å². The van der Waals surface area contributed by atoms with Crippen molar-refractivity contribution in [1.82, 2.24) is 20.2 Å². The van der Waals surface area contributed by atoms with Crippen LogP contribution < -0.4 is 5.43 Å². The largest absolute Gasteiger partial charge is 0.275 e. The van der Waals surface area contributed by atoms with Crippen LogP contribution in [0.2, 0.25) is 0 Å². The van der Waals surface area contributed by atoms with Gasteiger partial charge in [0.05, 0.1) is 22.1 Å². The zero-order valence-electron chi connectivity index (χ0n) is 14.1. The standard InChI is InChI=1S/C17H19N5OS2/c1-12-13(11-22(2)21-12)10-18-20-16(23)8-5-9-24-17-19-14-6-3-4-7-15(14)25-17/h3-4,6-7,10-11H,5,8-9H2,1-2H3,(H,20,23)/b18-10+. The molecule has 1 N–H and O–H groups in total. The fourth-order valence-electron chi connectivity index (χ4n) is 2.28. The van der Waals surface area contributed by atoms with Crippen molar-refractivity contribution >= 4 is 45.4 Å². The molecular weight excluding hydrogens is 354 g/mol. The Bertz CT molecular complexity index is 866. The molecule has 0 aliphatic heterocycles. The minimum Gasteiger partial charge on any atom is -0.275 e. The van der Waals surface area contributed by atoms with Crippen LogP contribution in [0.5, 0.6) is 0 Å². The molecule has 0 radical (unpaired) electrons. The quantitative estimate of drug-likeness (QED) is 0.298. The van der Waals surface area contributed by atoms with Crippen molar-refractivity contribution in [3.63, 3.8) is 0 Å². The monoisotopic (exact) mass is 373 g/mol. The number of fused-ring (bicyclic) bond motifs is 1. The molecule has 0 atom stereocenters. The van der Waals surface area contributed by atoms with E-state index in [4.69, 9.17) is 0 Å². The number of aryl methyl sites for hydroxylation is 2. The Labute approximate surface area is 154 Å². The smallest absolute Gasteiger partial charge is 0.240 e. The third kappa shape index (κ3) is 4.90. The first-order valence-corrected chi connectivity index (χ1v) is 9.72. The van der Waals surface area contributed by atoms with Crippen LogP contribution >= 0.6 is 23.1 Å². The molecule has 6 nitrogen and oxygen atoms in total. The van der Waals surface area contributed by atoms with E-state index in [2.05, 4.69) is 26.7 Å². The second-order valence-corrected chi connectivity index (χ2v) is 7.91. The highest BCUT2D eigenvalue weighted by atomic mass is 32.2. The Balaban J connectivity index is 1.38. The van der Waals surface area contributed by atoms with E-state index in [-0.39, 0.29) is 5.91 Å². The highest BCUT2D eigenvalue weighted by Gasteiger charge is 2.05. The summed E-state index contributed by atoms with van der Waals surface area (Å²) in [6, 6.07) is 8.11. The van der Waals surface area contributed by atoms with Crippen LogP contribution in [0.4, 0.5) is 0 Å². The van der Waals surface area contributed by atoms with Crippen molar-refractivity contribution in [2.45, 2.75) is 24.1 Å². The summed E-state index contributed by atoms with van der Waals surface area (Å²) in [5.41, 5.74) is 5.37. The number of aromatic nitrogens is 3. The number of nitrogens with one attached hydrogen (secondary N) is 1. The number of thioether (sulfide) groups is 1. The number of hydrazone groups is 1. The number of nitrogens with zero attached hydrogens (tertiary/aromatic N) is 4. The molecule has 2 heterocycles. The summed E-state index contributed by atoms with van der Waals surface area (Å²) in [6.45, 7) is 1.91. The summed E-state index contributed by atoms with van der Waals surface area (Å²) in [6.07, 6.45) is 4.71. The number of para-hydroxylation sites is 1. The Morgan fingerprint density at radius 1 is 1.44 bits per heavy atom. The van der Waals surface area contributed by atoms with E-state index in [0.29, 0.717) is 6.42 Å². The number of carbonyl (C=O) groups is 1. The molecule has 2 aromatic heterocycles. The van der Waals surface area contributed by atoms with Crippen molar-refractivity contribution in [3.8, 4) is 0 Å². The van der Waals surface area contributed by atoms with Crippen LogP contribution in [0.15, 0.2) is 39.9 Å². The molecule has 0 fully saturated rings. The molecule has 130 valence electrons. The number of carbonyl (C=O) groups excluding carboxylic acids is 1. The van der Waals surface area contributed by atoms with Crippen LogP contribution in [0.25, 0.3) is 10.2 Å². The number of benzene rings is 1. The average Bonchev–Trinajstić information content (AvgIpc) is 3.14. The number of thiazole rings is 1. The predicted octanol–water partition coefficient (Wildman–Crippen LogP) is 3.36. The highest BCUT2D eigenvalue weighted by molar-refractivity contribution is 8.01. The Kier molecular flexibility index (Phi) is 5.83. The molecular formula is C17H19N5OS2. The van der Waals surface area contributed by atoms with E-state index < -0.39 is 0 Å².